The SMILES string of the molecule is O=C1OC(=O)c2ncccc21.c1ccoc1. The molecular weight excluding hydrogens is 210 g/mol. The predicted molar refractivity (Wildman–Crippen MR) is 52.7 cm³/mol. The summed E-state index contributed by atoms with van der Waals surface area (Å²) in [4.78, 5) is 25.3. The van der Waals surface area contributed by atoms with Gasteiger partial charge in [0.05, 0.1) is 18.1 Å². The average molecular weight is 217 g/mol. The van der Waals surface area contributed by atoms with E-state index in [-0.39, 0.29) is 11.3 Å². The molecule has 5 nitrogen and oxygen atoms in total. The first-order chi connectivity index (χ1) is 7.79. The van der Waals surface area contributed by atoms with Crippen molar-refractivity contribution in [2.45, 2.75) is 0 Å². The van der Waals surface area contributed by atoms with Gasteiger partial charge in [0.1, 0.15) is 0 Å². The van der Waals surface area contributed by atoms with Gasteiger partial charge in [-0.2, -0.15) is 0 Å². The molecule has 0 unspecified atom stereocenters. The number of pyridine rings is 1. The molecule has 0 amide bonds. The van der Waals surface area contributed by atoms with Gasteiger partial charge in [-0.15, -0.1) is 0 Å². The van der Waals surface area contributed by atoms with E-state index in [1.807, 2.05) is 12.1 Å². The molecule has 0 spiro atoms. The molecule has 0 aromatic carbocycles. The van der Waals surface area contributed by atoms with Crippen LogP contribution in [0.15, 0.2) is 47.4 Å². The van der Waals surface area contributed by atoms with E-state index in [4.69, 9.17) is 0 Å². The highest BCUT2D eigenvalue weighted by atomic mass is 16.6. The topological polar surface area (TPSA) is 69.4 Å². The third-order valence-electron chi connectivity index (χ3n) is 1.83. The maximum atomic E-state index is 10.8. The third-order valence-corrected chi connectivity index (χ3v) is 1.83. The highest BCUT2D eigenvalue weighted by Gasteiger charge is 2.30. The quantitative estimate of drug-likeness (QED) is 0.496. The number of cyclic esters (lactones) is 2. The van der Waals surface area contributed by atoms with E-state index in [0.717, 1.165) is 0 Å². The lowest BCUT2D eigenvalue weighted by molar-refractivity contribution is 0.0441. The molecule has 0 atom stereocenters. The molecule has 0 fully saturated rings. The Morgan fingerprint density at radius 2 is 1.75 bits per heavy atom. The minimum absolute atomic E-state index is 0.109. The largest absolute Gasteiger partial charge is 0.473 e. The Balaban J connectivity index is 0.000000162. The van der Waals surface area contributed by atoms with Gasteiger partial charge >= 0.3 is 11.9 Å². The fourth-order valence-electron chi connectivity index (χ4n) is 1.15. The second kappa shape index (κ2) is 4.39. The van der Waals surface area contributed by atoms with Crippen LogP contribution in [0.4, 0.5) is 0 Å². The average Bonchev–Trinajstić information content (AvgIpc) is 2.94. The highest BCUT2D eigenvalue weighted by Crippen LogP contribution is 2.15. The van der Waals surface area contributed by atoms with Gasteiger partial charge in [-0.25, -0.2) is 14.6 Å². The van der Waals surface area contributed by atoms with Gasteiger partial charge in [-0.05, 0) is 24.3 Å². The maximum absolute atomic E-state index is 10.8. The van der Waals surface area contributed by atoms with Crippen LogP contribution in [-0.4, -0.2) is 16.9 Å². The van der Waals surface area contributed by atoms with Crippen molar-refractivity contribution in [3.8, 4) is 0 Å². The fraction of sp³-hybridized carbons (Fsp3) is 0. The van der Waals surface area contributed by atoms with E-state index >= 15 is 0 Å². The normalized spacial score (nSPS) is 12.5. The van der Waals surface area contributed by atoms with Crippen LogP contribution >= 0.6 is 0 Å². The number of fused-ring (bicyclic) bond motifs is 1. The number of hydrogen-bond donors (Lipinski definition) is 0. The Morgan fingerprint density at radius 3 is 2.31 bits per heavy atom. The summed E-state index contributed by atoms with van der Waals surface area (Å²) < 4.78 is 8.87. The molecule has 1 aliphatic rings. The zero-order valence-corrected chi connectivity index (χ0v) is 8.12. The van der Waals surface area contributed by atoms with Crippen LogP contribution < -0.4 is 0 Å². The van der Waals surface area contributed by atoms with Crippen molar-refractivity contribution in [3.63, 3.8) is 0 Å². The minimum atomic E-state index is -0.661. The van der Waals surface area contributed by atoms with Crippen LogP contribution in [0.1, 0.15) is 20.8 Å². The van der Waals surface area contributed by atoms with Crippen molar-refractivity contribution >= 4 is 11.9 Å². The summed E-state index contributed by atoms with van der Waals surface area (Å²) in [6.45, 7) is 0. The summed E-state index contributed by atoms with van der Waals surface area (Å²) in [5, 5.41) is 0. The van der Waals surface area contributed by atoms with Gasteiger partial charge in [0.25, 0.3) is 0 Å². The van der Waals surface area contributed by atoms with Gasteiger partial charge in [-0.3, -0.25) is 0 Å². The Labute approximate surface area is 90.7 Å². The summed E-state index contributed by atoms with van der Waals surface area (Å²) in [5.41, 5.74) is 0.356. The van der Waals surface area contributed by atoms with Crippen molar-refractivity contribution in [2.24, 2.45) is 0 Å². The van der Waals surface area contributed by atoms with Crippen LogP contribution in [0.25, 0.3) is 0 Å². The maximum Gasteiger partial charge on any atom is 0.365 e. The van der Waals surface area contributed by atoms with Gasteiger partial charge < -0.3 is 9.15 Å². The molecule has 3 rings (SSSR count). The number of furan rings is 1. The standard InChI is InChI=1S/C7H3NO3.C4H4O/c9-6-4-2-1-3-8-5(4)7(10)11-6;1-2-4-5-3-1/h1-3H;1-4H. The summed E-state index contributed by atoms with van der Waals surface area (Å²) in [6, 6.07) is 6.76. The lowest BCUT2D eigenvalue weighted by Gasteiger charge is -1.85. The minimum Gasteiger partial charge on any atom is -0.473 e. The molecule has 0 bridgehead atoms. The number of carbonyl (C=O) groups is 2. The first-order valence-corrected chi connectivity index (χ1v) is 4.48. The number of aromatic nitrogens is 1. The molecule has 0 N–H and O–H groups in total. The predicted octanol–water partition coefficient (Wildman–Crippen LogP) is 1.67. The van der Waals surface area contributed by atoms with E-state index in [1.54, 1.807) is 18.6 Å². The Kier molecular flexibility index (Phi) is 2.77. The zero-order valence-electron chi connectivity index (χ0n) is 8.12. The highest BCUT2D eigenvalue weighted by molar-refractivity contribution is 6.13. The van der Waals surface area contributed by atoms with Crippen LogP contribution in [0.2, 0.25) is 0 Å². The fourth-order valence-corrected chi connectivity index (χ4v) is 1.15. The van der Waals surface area contributed by atoms with E-state index in [0.29, 0.717) is 0 Å². The van der Waals surface area contributed by atoms with Crippen molar-refractivity contribution in [1.82, 2.24) is 4.98 Å². The number of rotatable bonds is 0. The number of nitrogens with zero attached hydrogens (tertiary/aromatic N) is 1. The van der Waals surface area contributed by atoms with Gasteiger partial charge in [0, 0.05) is 6.20 Å². The molecule has 1 aliphatic heterocycles. The summed E-state index contributed by atoms with van der Waals surface area (Å²) in [5.74, 6) is -1.27. The number of hydrogen-bond acceptors (Lipinski definition) is 5. The third kappa shape index (κ3) is 1.98. The molecule has 0 radical (unpaired) electrons. The molecule has 80 valence electrons. The number of esters is 2. The Morgan fingerprint density at radius 1 is 1.00 bits per heavy atom. The van der Waals surface area contributed by atoms with Crippen molar-refractivity contribution in [2.75, 3.05) is 0 Å². The molecule has 5 heteroatoms. The lowest BCUT2D eigenvalue weighted by Crippen LogP contribution is -1.97. The molecule has 3 heterocycles. The van der Waals surface area contributed by atoms with Crippen molar-refractivity contribution < 1.29 is 18.7 Å². The van der Waals surface area contributed by atoms with E-state index in [1.165, 1.54) is 12.3 Å². The van der Waals surface area contributed by atoms with Crippen LogP contribution in [-0.2, 0) is 4.74 Å². The summed E-state index contributed by atoms with van der Waals surface area (Å²) in [7, 11) is 0. The number of ether oxygens (including phenoxy) is 1. The number of carbonyl (C=O) groups excluding carboxylic acids is 2. The molecule has 0 saturated heterocycles. The van der Waals surface area contributed by atoms with Gasteiger partial charge in [-0.1, -0.05) is 0 Å². The first-order valence-electron chi connectivity index (χ1n) is 4.48. The van der Waals surface area contributed by atoms with Crippen molar-refractivity contribution in [3.05, 3.63) is 54.2 Å². The second-order valence-electron chi connectivity index (χ2n) is 2.87. The molecule has 16 heavy (non-hydrogen) atoms. The Bertz CT molecular complexity index is 454. The first kappa shape index (κ1) is 10.1. The summed E-state index contributed by atoms with van der Waals surface area (Å²) >= 11 is 0. The van der Waals surface area contributed by atoms with Gasteiger partial charge in [0.2, 0.25) is 0 Å². The van der Waals surface area contributed by atoms with Crippen LogP contribution in [0.5, 0.6) is 0 Å². The van der Waals surface area contributed by atoms with Crippen LogP contribution in [0.3, 0.4) is 0 Å². The monoisotopic (exact) mass is 217 g/mol. The lowest BCUT2D eigenvalue weighted by atomic mass is 10.2. The van der Waals surface area contributed by atoms with E-state index < -0.39 is 11.9 Å². The summed E-state index contributed by atoms with van der Waals surface area (Å²) in [6.07, 6.45) is 4.69. The Hall–Kier alpha value is -2.43. The van der Waals surface area contributed by atoms with Crippen molar-refractivity contribution in [1.29, 1.82) is 0 Å². The molecule has 0 aliphatic carbocycles. The van der Waals surface area contributed by atoms with Crippen LogP contribution in [0, 0.1) is 0 Å². The molecule has 2 aromatic rings. The molecule has 2 aromatic heterocycles. The van der Waals surface area contributed by atoms with E-state index in [2.05, 4.69) is 14.1 Å². The zero-order chi connectivity index (χ0) is 11.4. The molecule has 0 saturated carbocycles. The van der Waals surface area contributed by atoms with E-state index in [9.17, 15) is 9.59 Å². The van der Waals surface area contributed by atoms with Gasteiger partial charge in [0.15, 0.2) is 5.69 Å². The second-order valence-corrected chi connectivity index (χ2v) is 2.87. The molecular formula is C11H7NO4. The smallest absolute Gasteiger partial charge is 0.365 e.